The molecular formula is C8H14N2O. The fourth-order valence-electron chi connectivity index (χ4n) is 1.21. The van der Waals surface area contributed by atoms with Gasteiger partial charge in [0.15, 0.2) is 0 Å². The average molecular weight is 154 g/mol. The highest BCUT2D eigenvalue weighted by atomic mass is 16.1. The summed E-state index contributed by atoms with van der Waals surface area (Å²) in [6.07, 6.45) is 2.03. The summed E-state index contributed by atoms with van der Waals surface area (Å²) >= 11 is 0. The van der Waals surface area contributed by atoms with Crippen molar-refractivity contribution >= 4 is 0 Å². The Morgan fingerprint density at radius 3 is 2.55 bits per heavy atom. The molecule has 3 nitrogen and oxygen atoms in total. The molecule has 1 heterocycles. The van der Waals surface area contributed by atoms with E-state index in [-0.39, 0.29) is 5.56 Å². The van der Waals surface area contributed by atoms with Crippen molar-refractivity contribution in [3.63, 3.8) is 0 Å². The summed E-state index contributed by atoms with van der Waals surface area (Å²) in [5.74, 6) is 0. The maximum absolute atomic E-state index is 11.2. The van der Waals surface area contributed by atoms with Crippen LogP contribution in [0.25, 0.3) is 0 Å². The number of hydrogen-bond donors (Lipinski definition) is 1. The van der Waals surface area contributed by atoms with E-state index in [9.17, 15) is 4.79 Å². The highest BCUT2D eigenvalue weighted by molar-refractivity contribution is 5.14. The first-order chi connectivity index (χ1) is 5.16. The quantitative estimate of drug-likeness (QED) is 0.677. The molecule has 0 radical (unpaired) electrons. The van der Waals surface area contributed by atoms with Crippen molar-refractivity contribution in [2.24, 2.45) is 7.05 Å². The first-order valence-corrected chi connectivity index (χ1v) is 3.91. The summed E-state index contributed by atoms with van der Waals surface area (Å²) in [6, 6.07) is 0. The minimum absolute atomic E-state index is 0.0912. The van der Waals surface area contributed by atoms with Gasteiger partial charge in [0, 0.05) is 18.3 Å². The van der Waals surface area contributed by atoms with Gasteiger partial charge in [-0.15, -0.1) is 0 Å². The Hall–Kier alpha value is -0.990. The van der Waals surface area contributed by atoms with Gasteiger partial charge < -0.3 is 0 Å². The minimum atomic E-state index is 0.0912. The Morgan fingerprint density at radius 2 is 2.18 bits per heavy atom. The molecule has 0 saturated heterocycles. The summed E-state index contributed by atoms with van der Waals surface area (Å²) in [6.45, 7) is 3.97. The molecule has 0 aliphatic carbocycles. The van der Waals surface area contributed by atoms with Gasteiger partial charge in [0.05, 0.1) is 0 Å². The van der Waals surface area contributed by atoms with E-state index in [0.29, 0.717) is 0 Å². The molecule has 1 rings (SSSR count). The summed E-state index contributed by atoms with van der Waals surface area (Å²) in [5, 5.41) is 3.02. The standard InChI is InChI=1S/C8H14N2O/c1-4-5-7-6(2)8(11)10(3)9-7/h9H,4-5H2,1-3H3. The number of nitrogens with zero attached hydrogens (tertiary/aromatic N) is 1. The second kappa shape index (κ2) is 2.95. The van der Waals surface area contributed by atoms with Gasteiger partial charge in [-0.2, -0.15) is 0 Å². The fourth-order valence-corrected chi connectivity index (χ4v) is 1.21. The molecule has 0 aliphatic rings. The van der Waals surface area contributed by atoms with Gasteiger partial charge in [0.1, 0.15) is 0 Å². The van der Waals surface area contributed by atoms with Crippen LogP contribution in [-0.4, -0.2) is 9.78 Å². The summed E-state index contributed by atoms with van der Waals surface area (Å²) in [4.78, 5) is 11.2. The number of hydrogen-bond acceptors (Lipinski definition) is 1. The summed E-state index contributed by atoms with van der Waals surface area (Å²) in [7, 11) is 1.74. The van der Waals surface area contributed by atoms with Crippen LogP contribution < -0.4 is 5.56 Å². The molecule has 0 aliphatic heterocycles. The van der Waals surface area contributed by atoms with Crippen LogP contribution in [-0.2, 0) is 13.5 Å². The maximum atomic E-state index is 11.2. The molecule has 1 N–H and O–H groups in total. The second-order valence-electron chi connectivity index (χ2n) is 2.83. The molecule has 11 heavy (non-hydrogen) atoms. The maximum Gasteiger partial charge on any atom is 0.269 e. The molecule has 0 unspecified atom stereocenters. The Kier molecular flexibility index (Phi) is 2.17. The molecule has 1 aromatic rings. The van der Waals surface area contributed by atoms with Crippen LogP contribution in [0, 0.1) is 6.92 Å². The van der Waals surface area contributed by atoms with E-state index < -0.39 is 0 Å². The van der Waals surface area contributed by atoms with Gasteiger partial charge in [-0.25, -0.2) is 0 Å². The summed E-state index contributed by atoms with van der Waals surface area (Å²) < 4.78 is 1.53. The lowest BCUT2D eigenvalue weighted by Crippen LogP contribution is -2.12. The van der Waals surface area contributed by atoms with Crippen LogP contribution in [0.3, 0.4) is 0 Å². The van der Waals surface area contributed by atoms with Crippen molar-refractivity contribution in [1.82, 2.24) is 9.78 Å². The van der Waals surface area contributed by atoms with E-state index in [2.05, 4.69) is 12.0 Å². The van der Waals surface area contributed by atoms with Crippen LogP contribution in [0.5, 0.6) is 0 Å². The molecule has 62 valence electrons. The van der Waals surface area contributed by atoms with Crippen LogP contribution in [0.15, 0.2) is 4.79 Å². The topological polar surface area (TPSA) is 37.8 Å². The number of aryl methyl sites for hydroxylation is 2. The van der Waals surface area contributed by atoms with Gasteiger partial charge >= 0.3 is 0 Å². The van der Waals surface area contributed by atoms with Crippen molar-refractivity contribution in [3.05, 3.63) is 21.6 Å². The number of H-pyrrole nitrogens is 1. The largest absolute Gasteiger partial charge is 0.300 e. The normalized spacial score (nSPS) is 10.5. The second-order valence-corrected chi connectivity index (χ2v) is 2.83. The first-order valence-electron chi connectivity index (χ1n) is 3.91. The molecule has 0 aromatic carbocycles. The van der Waals surface area contributed by atoms with Gasteiger partial charge in [0.2, 0.25) is 0 Å². The molecule has 1 aromatic heterocycles. The highest BCUT2D eigenvalue weighted by Gasteiger charge is 2.04. The first kappa shape index (κ1) is 8.11. The zero-order valence-corrected chi connectivity index (χ0v) is 7.27. The lowest BCUT2D eigenvalue weighted by Gasteiger charge is -1.92. The predicted molar refractivity (Wildman–Crippen MR) is 44.8 cm³/mol. The third-order valence-electron chi connectivity index (χ3n) is 1.88. The Balaban J connectivity index is 3.08. The average Bonchev–Trinajstić information content (AvgIpc) is 2.19. The predicted octanol–water partition coefficient (Wildman–Crippen LogP) is 0.974. The van der Waals surface area contributed by atoms with Crippen LogP contribution in [0.4, 0.5) is 0 Å². The Morgan fingerprint density at radius 1 is 1.55 bits per heavy atom. The third kappa shape index (κ3) is 1.37. The van der Waals surface area contributed by atoms with Gasteiger partial charge in [0.25, 0.3) is 5.56 Å². The Labute approximate surface area is 66.0 Å². The third-order valence-corrected chi connectivity index (χ3v) is 1.88. The molecule has 0 spiro atoms. The van der Waals surface area contributed by atoms with Gasteiger partial charge in [-0.1, -0.05) is 13.3 Å². The van der Waals surface area contributed by atoms with Crippen molar-refractivity contribution < 1.29 is 0 Å². The number of rotatable bonds is 2. The van der Waals surface area contributed by atoms with E-state index in [1.165, 1.54) is 4.68 Å². The fraction of sp³-hybridized carbons (Fsp3) is 0.625. The van der Waals surface area contributed by atoms with E-state index in [4.69, 9.17) is 0 Å². The van der Waals surface area contributed by atoms with Crippen molar-refractivity contribution in [2.75, 3.05) is 0 Å². The van der Waals surface area contributed by atoms with Gasteiger partial charge in [-0.3, -0.25) is 14.6 Å². The highest BCUT2D eigenvalue weighted by Crippen LogP contribution is 2.01. The molecule has 0 bridgehead atoms. The van der Waals surface area contributed by atoms with E-state index in [1.54, 1.807) is 7.05 Å². The molecule has 0 saturated carbocycles. The lowest BCUT2D eigenvalue weighted by atomic mass is 10.2. The van der Waals surface area contributed by atoms with E-state index in [0.717, 1.165) is 24.1 Å². The van der Waals surface area contributed by atoms with Crippen LogP contribution in [0.1, 0.15) is 24.6 Å². The van der Waals surface area contributed by atoms with Crippen molar-refractivity contribution in [3.8, 4) is 0 Å². The molecule has 0 amide bonds. The lowest BCUT2D eigenvalue weighted by molar-refractivity contribution is 0.713. The molecule has 0 fully saturated rings. The van der Waals surface area contributed by atoms with E-state index in [1.807, 2.05) is 6.92 Å². The Bertz CT molecular complexity index is 296. The van der Waals surface area contributed by atoms with E-state index >= 15 is 0 Å². The minimum Gasteiger partial charge on any atom is -0.300 e. The number of nitrogens with one attached hydrogen (secondary N) is 1. The number of aromatic amines is 1. The SMILES string of the molecule is CCCc1[nH]n(C)c(=O)c1C. The monoisotopic (exact) mass is 154 g/mol. The van der Waals surface area contributed by atoms with Crippen molar-refractivity contribution in [1.29, 1.82) is 0 Å². The molecule has 3 heteroatoms. The zero-order chi connectivity index (χ0) is 8.43. The molecule has 0 atom stereocenters. The van der Waals surface area contributed by atoms with Crippen LogP contribution in [0.2, 0.25) is 0 Å². The zero-order valence-electron chi connectivity index (χ0n) is 7.27. The van der Waals surface area contributed by atoms with Crippen molar-refractivity contribution in [2.45, 2.75) is 26.7 Å². The van der Waals surface area contributed by atoms with Gasteiger partial charge in [-0.05, 0) is 13.3 Å². The summed E-state index contributed by atoms with van der Waals surface area (Å²) in [5.41, 5.74) is 2.02. The molecular weight excluding hydrogens is 140 g/mol. The number of aromatic nitrogens is 2. The smallest absolute Gasteiger partial charge is 0.269 e. The van der Waals surface area contributed by atoms with Crippen LogP contribution >= 0.6 is 0 Å².